The third-order valence-corrected chi connectivity index (χ3v) is 3.88. The van der Waals surface area contributed by atoms with E-state index in [2.05, 4.69) is 6.92 Å². The maximum atomic E-state index is 13.1. The van der Waals surface area contributed by atoms with E-state index in [0.717, 1.165) is 37.7 Å². The van der Waals surface area contributed by atoms with E-state index in [-0.39, 0.29) is 17.4 Å². The van der Waals surface area contributed by atoms with Crippen molar-refractivity contribution in [3.8, 4) is 0 Å². The Hall–Kier alpha value is -1.58. The van der Waals surface area contributed by atoms with Crippen molar-refractivity contribution in [3.05, 3.63) is 29.6 Å². The second-order valence-corrected chi connectivity index (χ2v) is 5.19. The zero-order chi connectivity index (χ0) is 13.8. The highest BCUT2D eigenvalue weighted by Crippen LogP contribution is 2.29. The molecule has 0 aromatic heterocycles. The summed E-state index contributed by atoms with van der Waals surface area (Å²) in [6, 6.07) is 3.76. The molecule has 19 heavy (non-hydrogen) atoms. The van der Waals surface area contributed by atoms with Gasteiger partial charge in [0, 0.05) is 5.69 Å². The Balaban J connectivity index is 1.96. The molecule has 1 aliphatic rings. The first-order valence-corrected chi connectivity index (χ1v) is 6.86. The van der Waals surface area contributed by atoms with Crippen LogP contribution in [0.1, 0.15) is 49.4 Å². The number of hydrogen-bond donors (Lipinski definition) is 1. The van der Waals surface area contributed by atoms with Crippen LogP contribution >= 0.6 is 0 Å². The van der Waals surface area contributed by atoms with Crippen LogP contribution in [-0.2, 0) is 4.74 Å². The van der Waals surface area contributed by atoms with Crippen LogP contribution in [0.3, 0.4) is 0 Å². The van der Waals surface area contributed by atoms with E-state index in [0.29, 0.717) is 0 Å². The third-order valence-electron chi connectivity index (χ3n) is 3.88. The van der Waals surface area contributed by atoms with Gasteiger partial charge in [-0.1, -0.05) is 13.3 Å². The zero-order valence-electron chi connectivity index (χ0n) is 11.2. The number of carbonyl (C=O) groups is 1. The Labute approximate surface area is 112 Å². The zero-order valence-corrected chi connectivity index (χ0v) is 11.2. The highest BCUT2D eigenvalue weighted by atomic mass is 19.1. The van der Waals surface area contributed by atoms with E-state index in [1.165, 1.54) is 18.6 Å². The molecule has 0 atom stereocenters. The Morgan fingerprint density at radius 2 is 2.05 bits per heavy atom. The predicted octanol–water partition coefficient (Wildman–Crippen LogP) is 3.53. The van der Waals surface area contributed by atoms with E-state index >= 15 is 0 Å². The fourth-order valence-corrected chi connectivity index (χ4v) is 2.58. The second kappa shape index (κ2) is 6.04. The number of benzene rings is 1. The van der Waals surface area contributed by atoms with Gasteiger partial charge >= 0.3 is 5.97 Å². The van der Waals surface area contributed by atoms with E-state index in [1.807, 2.05) is 0 Å². The molecule has 2 N–H and O–H groups in total. The number of rotatable bonds is 3. The summed E-state index contributed by atoms with van der Waals surface area (Å²) >= 11 is 0. The lowest BCUT2D eigenvalue weighted by atomic mass is 9.86. The van der Waals surface area contributed by atoms with Crippen molar-refractivity contribution in [2.24, 2.45) is 5.92 Å². The lowest BCUT2D eigenvalue weighted by Crippen LogP contribution is -2.24. The summed E-state index contributed by atoms with van der Waals surface area (Å²) in [6.45, 7) is 2.18. The summed E-state index contributed by atoms with van der Waals surface area (Å²) < 4.78 is 18.5. The molecule has 0 saturated heterocycles. The van der Waals surface area contributed by atoms with Crippen LogP contribution in [0.2, 0.25) is 0 Å². The maximum Gasteiger partial charge on any atom is 0.340 e. The van der Waals surface area contributed by atoms with Crippen molar-refractivity contribution >= 4 is 11.7 Å². The normalized spacial score (nSPS) is 23.1. The average Bonchev–Trinajstić information content (AvgIpc) is 2.42. The fourth-order valence-electron chi connectivity index (χ4n) is 2.58. The molecule has 2 rings (SSSR count). The van der Waals surface area contributed by atoms with Crippen molar-refractivity contribution in [3.63, 3.8) is 0 Å². The van der Waals surface area contributed by atoms with E-state index < -0.39 is 11.8 Å². The summed E-state index contributed by atoms with van der Waals surface area (Å²) in [5, 5.41) is 0. The van der Waals surface area contributed by atoms with Crippen LogP contribution in [-0.4, -0.2) is 12.1 Å². The Bertz CT molecular complexity index is 453. The molecule has 3 nitrogen and oxygen atoms in total. The molecule has 0 amide bonds. The summed E-state index contributed by atoms with van der Waals surface area (Å²) in [5.41, 5.74) is 6.05. The molecular weight excluding hydrogens is 245 g/mol. The van der Waals surface area contributed by atoms with Gasteiger partial charge in [-0.05, 0) is 49.8 Å². The van der Waals surface area contributed by atoms with Crippen LogP contribution in [0.25, 0.3) is 0 Å². The van der Waals surface area contributed by atoms with E-state index in [1.54, 1.807) is 0 Å². The number of ether oxygens (including phenoxy) is 1. The Kier molecular flexibility index (Phi) is 4.40. The molecule has 0 bridgehead atoms. The minimum absolute atomic E-state index is 0.0574. The van der Waals surface area contributed by atoms with Gasteiger partial charge in [0.2, 0.25) is 0 Å². The molecule has 0 heterocycles. The molecule has 0 radical (unpaired) electrons. The van der Waals surface area contributed by atoms with Crippen LogP contribution in [0.15, 0.2) is 18.2 Å². The van der Waals surface area contributed by atoms with Crippen LogP contribution in [0, 0.1) is 11.7 Å². The van der Waals surface area contributed by atoms with Crippen molar-refractivity contribution in [1.82, 2.24) is 0 Å². The number of nitrogens with two attached hydrogens (primary N) is 1. The first-order valence-electron chi connectivity index (χ1n) is 6.86. The molecule has 4 heteroatoms. The number of anilines is 1. The van der Waals surface area contributed by atoms with E-state index in [4.69, 9.17) is 10.5 Å². The number of esters is 1. The van der Waals surface area contributed by atoms with Crippen LogP contribution in [0.4, 0.5) is 10.1 Å². The molecule has 1 fully saturated rings. The molecule has 1 aromatic carbocycles. The molecular formula is C15H20FNO2. The molecule has 1 aliphatic carbocycles. The number of hydrogen-bond acceptors (Lipinski definition) is 3. The Morgan fingerprint density at radius 1 is 1.37 bits per heavy atom. The lowest BCUT2D eigenvalue weighted by molar-refractivity contribution is 0.0165. The highest BCUT2D eigenvalue weighted by Gasteiger charge is 2.24. The summed E-state index contributed by atoms with van der Waals surface area (Å²) in [6.07, 6.45) is 5.08. The van der Waals surface area contributed by atoms with Crippen molar-refractivity contribution < 1.29 is 13.9 Å². The average molecular weight is 265 g/mol. The van der Waals surface area contributed by atoms with Gasteiger partial charge < -0.3 is 10.5 Å². The van der Waals surface area contributed by atoms with Crippen molar-refractivity contribution in [1.29, 1.82) is 0 Å². The van der Waals surface area contributed by atoms with Gasteiger partial charge in [0.15, 0.2) is 0 Å². The second-order valence-electron chi connectivity index (χ2n) is 5.19. The van der Waals surface area contributed by atoms with Gasteiger partial charge in [-0.15, -0.1) is 0 Å². The molecule has 0 aliphatic heterocycles. The Morgan fingerprint density at radius 3 is 2.68 bits per heavy atom. The molecule has 104 valence electrons. The first-order chi connectivity index (χ1) is 9.10. The van der Waals surface area contributed by atoms with Gasteiger partial charge in [0.25, 0.3) is 0 Å². The first kappa shape index (κ1) is 13.8. The predicted molar refractivity (Wildman–Crippen MR) is 72.3 cm³/mol. The monoisotopic (exact) mass is 265 g/mol. The van der Waals surface area contributed by atoms with Crippen molar-refractivity contribution in [2.45, 2.75) is 45.1 Å². The largest absolute Gasteiger partial charge is 0.459 e. The minimum Gasteiger partial charge on any atom is -0.459 e. The van der Waals surface area contributed by atoms with Gasteiger partial charge in [-0.25, -0.2) is 9.18 Å². The smallest absolute Gasteiger partial charge is 0.340 e. The molecule has 0 spiro atoms. The highest BCUT2D eigenvalue weighted by molar-refractivity contribution is 5.95. The lowest BCUT2D eigenvalue weighted by Gasteiger charge is -2.27. The standard InChI is InChI=1S/C15H20FNO2/c1-2-10-3-6-12(7-4-10)19-15(18)13-9-11(16)5-8-14(13)17/h5,8-10,12H,2-4,6-7,17H2,1H3. The number of nitrogen functional groups attached to an aromatic ring is 1. The third kappa shape index (κ3) is 3.46. The molecule has 1 saturated carbocycles. The minimum atomic E-state index is -0.517. The number of carbonyl (C=O) groups excluding carboxylic acids is 1. The summed E-state index contributed by atoms with van der Waals surface area (Å²) in [5.74, 6) is -0.248. The van der Waals surface area contributed by atoms with Gasteiger partial charge in [-0.2, -0.15) is 0 Å². The maximum absolute atomic E-state index is 13.1. The van der Waals surface area contributed by atoms with Gasteiger partial charge in [0.05, 0.1) is 5.56 Å². The molecule has 0 unspecified atom stereocenters. The van der Waals surface area contributed by atoms with E-state index in [9.17, 15) is 9.18 Å². The van der Waals surface area contributed by atoms with Crippen LogP contribution < -0.4 is 5.73 Å². The topological polar surface area (TPSA) is 52.3 Å². The quantitative estimate of drug-likeness (QED) is 0.672. The summed E-state index contributed by atoms with van der Waals surface area (Å²) in [7, 11) is 0. The van der Waals surface area contributed by atoms with Crippen LogP contribution in [0.5, 0.6) is 0 Å². The SMILES string of the molecule is CCC1CCC(OC(=O)c2cc(F)ccc2N)CC1. The van der Waals surface area contributed by atoms with Crippen molar-refractivity contribution in [2.75, 3.05) is 5.73 Å². The molecule has 1 aromatic rings. The summed E-state index contributed by atoms with van der Waals surface area (Å²) in [4.78, 5) is 12.0. The fraction of sp³-hybridized carbons (Fsp3) is 0.533. The van der Waals surface area contributed by atoms with Gasteiger partial charge in [-0.3, -0.25) is 0 Å². The number of halogens is 1. The van der Waals surface area contributed by atoms with Gasteiger partial charge in [0.1, 0.15) is 11.9 Å².